The van der Waals surface area contributed by atoms with Crippen LogP contribution in [-0.4, -0.2) is 63.1 Å². The number of halogens is 7. The molecule has 11 nitrogen and oxygen atoms in total. The zero-order valence-electron chi connectivity index (χ0n) is 30.3. The van der Waals surface area contributed by atoms with Crippen molar-refractivity contribution in [3.05, 3.63) is 121 Å². The van der Waals surface area contributed by atoms with E-state index in [1.165, 1.54) is 11.8 Å². The van der Waals surface area contributed by atoms with Gasteiger partial charge in [0.2, 0.25) is 5.76 Å². The molecule has 18 heteroatoms. The van der Waals surface area contributed by atoms with Crippen LogP contribution in [0.2, 0.25) is 0 Å². The number of furan rings is 1. The lowest BCUT2D eigenvalue weighted by atomic mass is 10.1. The van der Waals surface area contributed by atoms with Gasteiger partial charge in [0.05, 0.1) is 43.9 Å². The van der Waals surface area contributed by atoms with Crippen molar-refractivity contribution in [1.82, 2.24) is 19.4 Å². The van der Waals surface area contributed by atoms with Crippen molar-refractivity contribution in [1.29, 1.82) is 0 Å². The number of nitrogens with zero attached hydrogens (tertiary/aromatic N) is 4. The SMILES string of the molecule is Cc1c(N2CCN(Cc3ccc(C(F)(F)F)o3)C(CO)C2)c(=O)n(C[C@H](NC(=O)OC(C)(C)C)c2ccccc2)c(=O)n1Cc1c(F)cccc1C(F)(F)F. The molecule has 1 aliphatic heterocycles. The Balaban J connectivity index is 1.60. The third-order valence-electron chi connectivity index (χ3n) is 9.09. The summed E-state index contributed by atoms with van der Waals surface area (Å²) in [4.78, 5) is 44.9. The number of ether oxygens (including phenoxy) is 1. The van der Waals surface area contributed by atoms with Crippen molar-refractivity contribution >= 4 is 11.8 Å². The molecule has 0 bridgehead atoms. The van der Waals surface area contributed by atoms with E-state index >= 15 is 4.39 Å². The highest BCUT2D eigenvalue weighted by molar-refractivity contribution is 5.68. The monoisotopic (exact) mass is 783 g/mol. The number of aromatic nitrogens is 2. The average Bonchev–Trinajstić information content (AvgIpc) is 3.58. The zero-order valence-corrected chi connectivity index (χ0v) is 30.3. The standard InChI is InChI=1S/C37H40F7N5O6/c1-22-31(47-16-15-46(24(17-47)21-50)18-25-13-14-30(54-25)37(42,43)44)32(51)49(20-29(23-9-6-5-7-10-23)45-33(52)55-35(2,3)4)34(53)48(22)19-26-27(36(39,40)41)11-8-12-28(26)38/h5-14,24,29,50H,15-21H2,1-4H3,(H,45,52)/t24?,29-/m0/s1. The summed E-state index contributed by atoms with van der Waals surface area (Å²) in [5, 5.41) is 13.0. The Hall–Kier alpha value is -5.10. The summed E-state index contributed by atoms with van der Waals surface area (Å²) in [6.07, 6.45) is -10.6. The van der Waals surface area contributed by atoms with Crippen LogP contribution in [0, 0.1) is 12.7 Å². The molecule has 55 heavy (non-hydrogen) atoms. The first-order chi connectivity index (χ1) is 25.7. The molecular weight excluding hydrogens is 743 g/mol. The molecule has 298 valence electrons. The summed E-state index contributed by atoms with van der Waals surface area (Å²) in [6, 6.07) is 10.7. The van der Waals surface area contributed by atoms with Gasteiger partial charge in [-0.2, -0.15) is 26.3 Å². The van der Waals surface area contributed by atoms with Crippen LogP contribution in [0.4, 0.5) is 41.2 Å². The highest BCUT2D eigenvalue weighted by Crippen LogP contribution is 2.34. The molecule has 0 radical (unpaired) electrons. The first-order valence-electron chi connectivity index (χ1n) is 17.2. The fourth-order valence-corrected chi connectivity index (χ4v) is 6.49. The Morgan fingerprint density at radius 1 is 0.927 bits per heavy atom. The van der Waals surface area contributed by atoms with E-state index < -0.39 is 89.8 Å². The van der Waals surface area contributed by atoms with E-state index in [0.29, 0.717) is 11.6 Å². The van der Waals surface area contributed by atoms with Gasteiger partial charge in [-0.3, -0.25) is 18.8 Å². The predicted octanol–water partition coefficient (Wildman–Crippen LogP) is 6.09. The minimum atomic E-state index is -5.00. The van der Waals surface area contributed by atoms with Gasteiger partial charge in [-0.15, -0.1) is 0 Å². The number of aliphatic hydroxyl groups excluding tert-OH is 1. The number of benzene rings is 2. The molecule has 1 amide bonds. The van der Waals surface area contributed by atoms with Gasteiger partial charge in [-0.05, 0) is 57.5 Å². The van der Waals surface area contributed by atoms with E-state index in [1.54, 1.807) is 56.0 Å². The first-order valence-corrected chi connectivity index (χ1v) is 17.2. The van der Waals surface area contributed by atoms with Crippen LogP contribution < -0.4 is 21.5 Å². The molecule has 1 aliphatic rings. The number of alkyl carbamates (subject to hydrolysis) is 1. The van der Waals surface area contributed by atoms with Gasteiger partial charge in [-0.25, -0.2) is 14.0 Å². The quantitative estimate of drug-likeness (QED) is 0.186. The third-order valence-corrected chi connectivity index (χ3v) is 9.09. The Bertz CT molecular complexity index is 2100. The fourth-order valence-electron chi connectivity index (χ4n) is 6.49. The van der Waals surface area contributed by atoms with Gasteiger partial charge in [0.1, 0.15) is 22.9 Å². The molecule has 2 atom stereocenters. The van der Waals surface area contributed by atoms with Crippen molar-refractivity contribution in [2.24, 2.45) is 0 Å². The van der Waals surface area contributed by atoms with Gasteiger partial charge in [-0.1, -0.05) is 36.4 Å². The number of carbonyl (C=O) groups is 1. The van der Waals surface area contributed by atoms with Crippen molar-refractivity contribution in [2.75, 3.05) is 31.1 Å². The lowest BCUT2D eigenvalue weighted by Crippen LogP contribution is -2.56. The number of alkyl halides is 6. The summed E-state index contributed by atoms with van der Waals surface area (Å²) in [5.41, 5.74) is -4.89. The van der Waals surface area contributed by atoms with Crippen LogP contribution in [0.3, 0.4) is 0 Å². The number of rotatable bonds is 10. The molecule has 1 fully saturated rings. The lowest BCUT2D eigenvalue weighted by molar-refractivity contribution is -0.153. The van der Waals surface area contributed by atoms with E-state index in [0.717, 1.165) is 33.4 Å². The number of piperazine rings is 1. The van der Waals surface area contributed by atoms with Crippen LogP contribution >= 0.6 is 0 Å². The first kappa shape index (κ1) is 41.1. The van der Waals surface area contributed by atoms with Crippen LogP contribution in [0.1, 0.15) is 60.7 Å². The average molecular weight is 784 g/mol. The maximum absolute atomic E-state index is 15.2. The summed E-state index contributed by atoms with van der Waals surface area (Å²) >= 11 is 0. The van der Waals surface area contributed by atoms with Crippen molar-refractivity contribution in [2.45, 2.75) is 77.4 Å². The van der Waals surface area contributed by atoms with E-state index in [9.17, 15) is 45.8 Å². The van der Waals surface area contributed by atoms with Crippen molar-refractivity contribution < 1.29 is 49.8 Å². The van der Waals surface area contributed by atoms with E-state index in [4.69, 9.17) is 9.15 Å². The second-order valence-corrected chi connectivity index (χ2v) is 14.1. The summed E-state index contributed by atoms with van der Waals surface area (Å²) < 4.78 is 109. The highest BCUT2D eigenvalue weighted by atomic mass is 19.4. The number of anilines is 1. The van der Waals surface area contributed by atoms with Gasteiger partial charge in [0, 0.05) is 30.9 Å². The van der Waals surface area contributed by atoms with Gasteiger partial charge in [0.25, 0.3) is 5.56 Å². The number of carbonyl (C=O) groups excluding carboxylic acids is 1. The molecule has 4 aromatic rings. The molecule has 1 unspecified atom stereocenters. The van der Waals surface area contributed by atoms with E-state index in [1.807, 2.05) is 0 Å². The van der Waals surface area contributed by atoms with Gasteiger partial charge in [0.15, 0.2) is 0 Å². The molecule has 5 rings (SSSR count). The summed E-state index contributed by atoms with van der Waals surface area (Å²) in [7, 11) is 0. The number of amides is 1. The second kappa shape index (κ2) is 15.9. The smallest absolute Gasteiger partial charge is 0.449 e. The maximum atomic E-state index is 15.2. The zero-order chi connectivity index (χ0) is 40.5. The van der Waals surface area contributed by atoms with Crippen LogP contribution in [-0.2, 0) is 36.7 Å². The summed E-state index contributed by atoms with van der Waals surface area (Å²) in [6.45, 7) is 4.10. The van der Waals surface area contributed by atoms with E-state index in [2.05, 4.69) is 5.32 Å². The topological polar surface area (TPSA) is 122 Å². The highest BCUT2D eigenvalue weighted by Gasteiger charge is 2.38. The van der Waals surface area contributed by atoms with Crippen LogP contribution in [0.15, 0.2) is 74.7 Å². The Kier molecular flexibility index (Phi) is 11.9. The molecule has 0 spiro atoms. The molecule has 0 saturated carbocycles. The molecule has 0 aliphatic carbocycles. The number of aliphatic hydroxyl groups is 1. The van der Waals surface area contributed by atoms with Crippen LogP contribution in [0.25, 0.3) is 0 Å². The second-order valence-electron chi connectivity index (χ2n) is 14.1. The Morgan fingerprint density at radius 3 is 2.22 bits per heavy atom. The lowest BCUT2D eigenvalue weighted by Gasteiger charge is -2.41. The molecule has 1 saturated heterocycles. The molecule has 2 aromatic carbocycles. The minimum Gasteiger partial charge on any atom is -0.455 e. The summed E-state index contributed by atoms with van der Waals surface area (Å²) in [5.74, 6) is -2.46. The Labute approximate surface area is 310 Å². The van der Waals surface area contributed by atoms with Gasteiger partial charge >= 0.3 is 24.1 Å². The number of hydrogen-bond acceptors (Lipinski definition) is 8. The largest absolute Gasteiger partial charge is 0.455 e. The predicted molar refractivity (Wildman–Crippen MR) is 186 cm³/mol. The molecule has 3 heterocycles. The fraction of sp³-hybridized carbons (Fsp3) is 0.432. The number of nitrogens with one attached hydrogen (secondary N) is 1. The molecule has 2 N–H and O–H groups in total. The minimum absolute atomic E-state index is 0.0173. The molecular formula is C37H40F7N5O6. The maximum Gasteiger partial charge on any atom is 0.449 e. The van der Waals surface area contributed by atoms with Crippen molar-refractivity contribution in [3.8, 4) is 0 Å². The van der Waals surface area contributed by atoms with Crippen molar-refractivity contribution in [3.63, 3.8) is 0 Å². The van der Waals surface area contributed by atoms with Crippen LogP contribution in [0.5, 0.6) is 0 Å². The number of hydrogen-bond donors (Lipinski definition) is 2. The van der Waals surface area contributed by atoms with Gasteiger partial charge < -0.3 is 24.5 Å². The third kappa shape index (κ3) is 9.59. The molecule has 2 aromatic heterocycles. The normalized spacial score (nSPS) is 16.3. The Morgan fingerprint density at radius 2 is 1.62 bits per heavy atom. The van der Waals surface area contributed by atoms with E-state index in [-0.39, 0.29) is 43.3 Å².